The predicted octanol–water partition coefficient (Wildman–Crippen LogP) is 2.30. The second-order valence-corrected chi connectivity index (χ2v) is 5.87. The number of hydrogen-bond acceptors (Lipinski definition) is 2. The van der Waals surface area contributed by atoms with Crippen molar-refractivity contribution in [1.29, 1.82) is 0 Å². The van der Waals surface area contributed by atoms with Crippen molar-refractivity contribution in [2.75, 3.05) is 13.7 Å². The molecule has 0 radical (unpaired) electrons. The SMILES string of the molecule is C#CCN([C@H](C)Cc1ccccc1)P(=O)(O)OC. The molecule has 1 aromatic carbocycles. The number of rotatable bonds is 6. The quantitative estimate of drug-likeness (QED) is 0.634. The van der Waals surface area contributed by atoms with Crippen molar-refractivity contribution in [3.63, 3.8) is 0 Å². The van der Waals surface area contributed by atoms with E-state index in [1.807, 2.05) is 37.3 Å². The Hall–Kier alpha value is -1.11. The lowest BCUT2D eigenvalue weighted by Crippen LogP contribution is -2.32. The molecule has 18 heavy (non-hydrogen) atoms. The van der Waals surface area contributed by atoms with E-state index in [1.165, 1.54) is 11.8 Å². The molecule has 0 aliphatic carbocycles. The van der Waals surface area contributed by atoms with Crippen molar-refractivity contribution in [2.24, 2.45) is 0 Å². The van der Waals surface area contributed by atoms with E-state index >= 15 is 0 Å². The largest absolute Gasteiger partial charge is 0.406 e. The summed E-state index contributed by atoms with van der Waals surface area (Å²) >= 11 is 0. The van der Waals surface area contributed by atoms with Crippen LogP contribution in [0.1, 0.15) is 12.5 Å². The van der Waals surface area contributed by atoms with Crippen molar-refractivity contribution in [3.8, 4) is 12.3 Å². The summed E-state index contributed by atoms with van der Waals surface area (Å²) < 4.78 is 17.8. The summed E-state index contributed by atoms with van der Waals surface area (Å²) in [6.45, 7) is 1.93. The topological polar surface area (TPSA) is 49.8 Å². The van der Waals surface area contributed by atoms with Crippen LogP contribution < -0.4 is 0 Å². The standard InChI is InChI=1S/C13H18NO3P/c1-4-10-14(18(15,16)17-3)12(2)11-13-8-6-5-7-9-13/h1,5-9,12H,10-11H2,2-3H3,(H,15,16)/t12-/m1/s1. The molecule has 0 fully saturated rings. The molecule has 0 saturated carbocycles. The normalized spacial score (nSPS) is 15.9. The summed E-state index contributed by atoms with van der Waals surface area (Å²) in [6.07, 6.45) is 5.87. The van der Waals surface area contributed by atoms with E-state index in [0.29, 0.717) is 6.42 Å². The average Bonchev–Trinajstić information content (AvgIpc) is 2.36. The van der Waals surface area contributed by atoms with E-state index in [2.05, 4.69) is 10.4 Å². The van der Waals surface area contributed by atoms with E-state index in [4.69, 9.17) is 6.42 Å². The molecular formula is C13H18NO3P. The first-order valence-corrected chi connectivity index (χ1v) is 7.17. The lowest BCUT2D eigenvalue weighted by atomic mass is 10.1. The Morgan fingerprint density at radius 1 is 1.50 bits per heavy atom. The summed E-state index contributed by atoms with van der Waals surface area (Å²) in [7, 11) is -2.59. The van der Waals surface area contributed by atoms with Crippen LogP contribution in [0.25, 0.3) is 0 Å². The fraction of sp³-hybridized carbons (Fsp3) is 0.385. The molecule has 0 aliphatic rings. The van der Waals surface area contributed by atoms with Crippen molar-refractivity contribution < 1.29 is 14.0 Å². The van der Waals surface area contributed by atoms with Crippen LogP contribution in [0.15, 0.2) is 30.3 Å². The van der Waals surface area contributed by atoms with Gasteiger partial charge in [-0.05, 0) is 18.9 Å². The highest BCUT2D eigenvalue weighted by molar-refractivity contribution is 7.50. The molecule has 0 spiro atoms. The first-order valence-electron chi connectivity index (χ1n) is 5.64. The van der Waals surface area contributed by atoms with Crippen molar-refractivity contribution in [1.82, 2.24) is 4.67 Å². The minimum Gasteiger partial charge on any atom is -0.312 e. The fourth-order valence-electron chi connectivity index (χ4n) is 1.75. The van der Waals surface area contributed by atoms with Gasteiger partial charge < -0.3 is 9.42 Å². The highest BCUT2D eigenvalue weighted by Gasteiger charge is 2.31. The van der Waals surface area contributed by atoms with E-state index < -0.39 is 7.75 Å². The number of nitrogens with zero attached hydrogens (tertiary/aromatic N) is 1. The lowest BCUT2D eigenvalue weighted by Gasteiger charge is -2.29. The van der Waals surface area contributed by atoms with E-state index in [9.17, 15) is 9.46 Å². The molecule has 5 heteroatoms. The molecule has 0 bridgehead atoms. The molecule has 0 amide bonds. The maximum Gasteiger partial charge on any atom is 0.406 e. The van der Waals surface area contributed by atoms with E-state index in [0.717, 1.165) is 5.56 Å². The second kappa shape index (κ2) is 6.72. The van der Waals surface area contributed by atoms with Crippen molar-refractivity contribution in [3.05, 3.63) is 35.9 Å². The molecule has 0 aliphatic heterocycles. The van der Waals surface area contributed by atoms with Crippen LogP contribution in [-0.4, -0.2) is 29.3 Å². The van der Waals surface area contributed by atoms with Gasteiger partial charge in [0.05, 0.1) is 6.54 Å². The molecular weight excluding hydrogens is 249 g/mol. The Morgan fingerprint density at radius 2 is 2.11 bits per heavy atom. The zero-order valence-corrected chi connectivity index (χ0v) is 11.5. The van der Waals surface area contributed by atoms with Crippen LogP contribution in [0.4, 0.5) is 0 Å². The first-order chi connectivity index (χ1) is 8.51. The minimum atomic E-state index is -3.80. The minimum absolute atomic E-state index is 0.0790. The molecule has 0 heterocycles. The molecule has 1 aromatic rings. The van der Waals surface area contributed by atoms with Gasteiger partial charge in [-0.3, -0.25) is 0 Å². The zero-order chi connectivity index (χ0) is 13.6. The van der Waals surface area contributed by atoms with Gasteiger partial charge in [0.1, 0.15) is 0 Å². The summed E-state index contributed by atoms with van der Waals surface area (Å²) in [5.74, 6) is 2.39. The van der Waals surface area contributed by atoms with E-state index in [-0.39, 0.29) is 12.6 Å². The maximum absolute atomic E-state index is 11.9. The van der Waals surface area contributed by atoms with Crippen LogP contribution in [0.5, 0.6) is 0 Å². The van der Waals surface area contributed by atoms with Gasteiger partial charge in [0, 0.05) is 13.2 Å². The third-order valence-electron chi connectivity index (χ3n) is 2.70. The molecule has 98 valence electrons. The monoisotopic (exact) mass is 267 g/mol. The number of hydrogen-bond donors (Lipinski definition) is 1. The highest BCUT2D eigenvalue weighted by atomic mass is 31.2. The highest BCUT2D eigenvalue weighted by Crippen LogP contribution is 2.46. The summed E-state index contributed by atoms with van der Waals surface area (Å²) in [6, 6.07) is 9.56. The third kappa shape index (κ3) is 3.97. The summed E-state index contributed by atoms with van der Waals surface area (Å²) in [5.41, 5.74) is 1.09. The smallest absolute Gasteiger partial charge is 0.312 e. The lowest BCUT2D eigenvalue weighted by molar-refractivity contribution is 0.220. The van der Waals surface area contributed by atoms with Gasteiger partial charge in [-0.2, -0.15) is 4.67 Å². The fourth-order valence-corrected chi connectivity index (χ4v) is 2.80. The first kappa shape index (κ1) is 14.9. The Labute approximate surface area is 108 Å². The van der Waals surface area contributed by atoms with Crippen LogP contribution >= 0.6 is 7.75 Å². The second-order valence-electron chi connectivity index (χ2n) is 4.01. The zero-order valence-electron chi connectivity index (χ0n) is 10.6. The van der Waals surface area contributed by atoms with Gasteiger partial charge in [0.15, 0.2) is 0 Å². The van der Waals surface area contributed by atoms with Crippen molar-refractivity contribution >= 4 is 7.75 Å². The molecule has 0 aromatic heterocycles. The van der Waals surface area contributed by atoms with Gasteiger partial charge in [-0.1, -0.05) is 36.3 Å². The average molecular weight is 267 g/mol. The van der Waals surface area contributed by atoms with E-state index in [1.54, 1.807) is 0 Å². The predicted molar refractivity (Wildman–Crippen MR) is 72.0 cm³/mol. The van der Waals surface area contributed by atoms with Gasteiger partial charge in [0.2, 0.25) is 0 Å². The van der Waals surface area contributed by atoms with Crippen LogP contribution in [0.2, 0.25) is 0 Å². The Balaban J connectivity index is 2.81. The molecule has 1 rings (SSSR count). The van der Waals surface area contributed by atoms with Crippen LogP contribution in [0.3, 0.4) is 0 Å². The molecule has 0 saturated heterocycles. The third-order valence-corrected chi connectivity index (χ3v) is 4.36. The molecule has 1 N–H and O–H groups in total. The van der Waals surface area contributed by atoms with Gasteiger partial charge in [-0.15, -0.1) is 6.42 Å². The Morgan fingerprint density at radius 3 is 2.61 bits per heavy atom. The van der Waals surface area contributed by atoms with Crippen LogP contribution in [-0.2, 0) is 15.5 Å². The number of terminal acetylenes is 1. The van der Waals surface area contributed by atoms with Gasteiger partial charge in [-0.25, -0.2) is 4.57 Å². The maximum atomic E-state index is 11.9. The molecule has 1 unspecified atom stereocenters. The van der Waals surface area contributed by atoms with Gasteiger partial charge >= 0.3 is 7.75 Å². The summed E-state index contributed by atoms with van der Waals surface area (Å²) in [4.78, 5) is 9.73. The van der Waals surface area contributed by atoms with Gasteiger partial charge in [0.25, 0.3) is 0 Å². The summed E-state index contributed by atoms with van der Waals surface area (Å²) in [5, 5.41) is 0. The molecule has 4 nitrogen and oxygen atoms in total. The van der Waals surface area contributed by atoms with Crippen molar-refractivity contribution in [2.45, 2.75) is 19.4 Å². The number of benzene rings is 1. The van der Waals surface area contributed by atoms with Crippen LogP contribution in [0, 0.1) is 12.3 Å². The Bertz CT molecular complexity index is 455. The molecule has 2 atom stereocenters. The Kier molecular flexibility index (Phi) is 5.58.